The maximum absolute atomic E-state index is 13.1. The van der Waals surface area contributed by atoms with Crippen molar-refractivity contribution in [2.45, 2.75) is 46.1 Å². The van der Waals surface area contributed by atoms with Crippen molar-refractivity contribution in [2.75, 3.05) is 5.32 Å². The van der Waals surface area contributed by atoms with E-state index in [-0.39, 0.29) is 17.8 Å². The number of thiophene rings is 1. The molecule has 29 heavy (non-hydrogen) atoms. The van der Waals surface area contributed by atoms with Crippen molar-refractivity contribution in [3.63, 3.8) is 0 Å². The lowest BCUT2D eigenvalue weighted by Crippen LogP contribution is -2.30. The standard InChI is InChI=1S/C20H20N4O4S/c1-11-7-8-13(24(27)28)9-15(11)22-17(25)10-23-12(2)21-19-18(20(23)26)14-5-3-4-6-16(14)29-19/h7-9H,3-6,10H2,1-2H3,(H,22,25). The average molecular weight is 412 g/mol. The van der Waals surface area contributed by atoms with E-state index in [0.29, 0.717) is 22.5 Å². The number of rotatable bonds is 4. The molecule has 3 aromatic rings. The number of amides is 1. The van der Waals surface area contributed by atoms with Gasteiger partial charge in [0, 0.05) is 17.0 Å². The van der Waals surface area contributed by atoms with Crippen LogP contribution in [0.3, 0.4) is 0 Å². The second-order valence-corrected chi connectivity index (χ2v) is 8.33. The molecule has 0 spiro atoms. The van der Waals surface area contributed by atoms with Crippen LogP contribution in [-0.2, 0) is 24.2 Å². The van der Waals surface area contributed by atoms with Crippen LogP contribution in [0.5, 0.6) is 0 Å². The van der Waals surface area contributed by atoms with E-state index in [2.05, 4.69) is 10.3 Å². The van der Waals surface area contributed by atoms with Crippen molar-refractivity contribution >= 4 is 38.8 Å². The molecule has 4 rings (SSSR count). The highest BCUT2D eigenvalue weighted by Gasteiger charge is 2.22. The summed E-state index contributed by atoms with van der Waals surface area (Å²) in [5, 5.41) is 14.3. The molecule has 0 saturated heterocycles. The van der Waals surface area contributed by atoms with Crippen molar-refractivity contribution < 1.29 is 9.72 Å². The summed E-state index contributed by atoms with van der Waals surface area (Å²) in [6, 6.07) is 4.28. The van der Waals surface area contributed by atoms with Crippen LogP contribution in [0.1, 0.15) is 34.7 Å². The fourth-order valence-electron chi connectivity index (χ4n) is 3.72. The summed E-state index contributed by atoms with van der Waals surface area (Å²) >= 11 is 1.58. The molecule has 1 N–H and O–H groups in total. The first-order valence-corrected chi connectivity index (χ1v) is 10.2. The summed E-state index contributed by atoms with van der Waals surface area (Å²) in [5.74, 6) is 0.0519. The number of nitro groups is 1. The molecule has 0 saturated carbocycles. The second-order valence-electron chi connectivity index (χ2n) is 7.25. The number of aromatic nitrogens is 2. The van der Waals surface area contributed by atoms with Gasteiger partial charge >= 0.3 is 0 Å². The number of aryl methyl sites for hydroxylation is 4. The quantitative estimate of drug-likeness (QED) is 0.521. The van der Waals surface area contributed by atoms with Crippen LogP contribution in [0.15, 0.2) is 23.0 Å². The van der Waals surface area contributed by atoms with E-state index < -0.39 is 10.8 Å². The van der Waals surface area contributed by atoms with Gasteiger partial charge in [-0.15, -0.1) is 11.3 Å². The Bertz CT molecular complexity index is 1210. The maximum atomic E-state index is 13.1. The van der Waals surface area contributed by atoms with E-state index in [1.165, 1.54) is 21.6 Å². The third-order valence-corrected chi connectivity index (χ3v) is 6.46. The van der Waals surface area contributed by atoms with E-state index in [1.807, 2.05) is 0 Å². The lowest BCUT2D eigenvalue weighted by Gasteiger charge is -2.13. The summed E-state index contributed by atoms with van der Waals surface area (Å²) in [7, 11) is 0. The minimum Gasteiger partial charge on any atom is -0.324 e. The fourth-order valence-corrected chi connectivity index (χ4v) is 5.02. The Hall–Kier alpha value is -3.07. The number of fused-ring (bicyclic) bond motifs is 3. The molecular weight excluding hydrogens is 392 g/mol. The van der Waals surface area contributed by atoms with Gasteiger partial charge < -0.3 is 5.32 Å². The average Bonchev–Trinajstić information content (AvgIpc) is 3.04. The van der Waals surface area contributed by atoms with Gasteiger partial charge in [-0.3, -0.25) is 24.3 Å². The molecule has 0 unspecified atom stereocenters. The minimum atomic E-state index is -0.513. The van der Waals surface area contributed by atoms with Crippen LogP contribution in [0, 0.1) is 24.0 Å². The number of hydrogen-bond donors (Lipinski definition) is 1. The Kier molecular flexibility index (Phi) is 4.91. The monoisotopic (exact) mass is 412 g/mol. The normalized spacial score (nSPS) is 13.3. The molecule has 8 nitrogen and oxygen atoms in total. The molecule has 9 heteroatoms. The van der Waals surface area contributed by atoms with Crippen LogP contribution >= 0.6 is 11.3 Å². The summed E-state index contributed by atoms with van der Waals surface area (Å²) in [4.78, 5) is 42.8. The number of nitro benzene ring substituents is 1. The Morgan fingerprint density at radius 3 is 2.83 bits per heavy atom. The van der Waals surface area contributed by atoms with E-state index in [0.717, 1.165) is 36.1 Å². The maximum Gasteiger partial charge on any atom is 0.271 e. The topological polar surface area (TPSA) is 107 Å². The van der Waals surface area contributed by atoms with Gasteiger partial charge in [-0.1, -0.05) is 6.07 Å². The Balaban J connectivity index is 1.66. The van der Waals surface area contributed by atoms with E-state index in [1.54, 1.807) is 31.3 Å². The molecule has 1 aromatic carbocycles. The Morgan fingerprint density at radius 2 is 2.07 bits per heavy atom. The molecule has 2 heterocycles. The zero-order valence-electron chi connectivity index (χ0n) is 16.2. The molecule has 1 aliphatic rings. The van der Waals surface area contributed by atoms with Crippen molar-refractivity contribution in [2.24, 2.45) is 0 Å². The van der Waals surface area contributed by atoms with Gasteiger partial charge in [0.15, 0.2) is 0 Å². The van der Waals surface area contributed by atoms with Gasteiger partial charge in [0.25, 0.3) is 11.2 Å². The Morgan fingerprint density at radius 1 is 1.31 bits per heavy atom. The third kappa shape index (κ3) is 3.53. The van der Waals surface area contributed by atoms with Gasteiger partial charge in [0.05, 0.1) is 16.0 Å². The largest absolute Gasteiger partial charge is 0.324 e. The van der Waals surface area contributed by atoms with Crippen LogP contribution in [0.4, 0.5) is 11.4 Å². The zero-order valence-corrected chi connectivity index (χ0v) is 17.0. The van der Waals surface area contributed by atoms with Crippen molar-refractivity contribution in [3.8, 4) is 0 Å². The van der Waals surface area contributed by atoms with Crippen LogP contribution < -0.4 is 10.9 Å². The molecule has 0 atom stereocenters. The van der Waals surface area contributed by atoms with Gasteiger partial charge in [-0.05, 0) is 50.7 Å². The number of benzene rings is 1. The van der Waals surface area contributed by atoms with Crippen molar-refractivity contribution in [3.05, 3.63) is 60.5 Å². The molecule has 150 valence electrons. The first kappa shape index (κ1) is 19.3. The van der Waals surface area contributed by atoms with Gasteiger partial charge in [-0.25, -0.2) is 4.98 Å². The number of non-ortho nitro benzene ring substituents is 1. The van der Waals surface area contributed by atoms with Gasteiger partial charge in [0.2, 0.25) is 5.91 Å². The fraction of sp³-hybridized carbons (Fsp3) is 0.350. The lowest BCUT2D eigenvalue weighted by atomic mass is 9.97. The predicted octanol–water partition coefficient (Wildman–Crippen LogP) is 3.50. The summed E-state index contributed by atoms with van der Waals surface area (Å²) in [6.07, 6.45) is 4.02. The molecular formula is C20H20N4O4S. The molecule has 2 aromatic heterocycles. The number of hydrogen-bond acceptors (Lipinski definition) is 6. The highest BCUT2D eigenvalue weighted by Crippen LogP contribution is 2.33. The molecule has 0 bridgehead atoms. The molecule has 1 amide bonds. The zero-order chi connectivity index (χ0) is 20.7. The van der Waals surface area contributed by atoms with Crippen LogP contribution in [-0.4, -0.2) is 20.4 Å². The molecule has 0 aliphatic heterocycles. The van der Waals surface area contributed by atoms with Crippen molar-refractivity contribution in [1.29, 1.82) is 0 Å². The summed E-state index contributed by atoms with van der Waals surface area (Å²) < 4.78 is 1.38. The number of nitrogens with one attached hydrogen (secondary N) is 1. The summed E-state index contributed by atoms with van der Waals surface area (Å²) in [5.41, 5.74) is 1.84. The number of carbonyl (C=O) groups excluding carboxylic acids is 1. The van der Waals surface area contributed by atoms with E-state index >= 15 is 0 Å². The van der Waals surface area contributed by atoms with E-state index in [9.17, 15) is 19.7 Å². The van der Waals surface area contributed by atoms with Gasteiger partial charge in [-0.2, -0.15) is 0 Å². The first-order valence-electron chi connectivity index (χ1n) is 9.41. The number of nitrogens with zero attached hydrogens (tertiary/aromatic N) is 3. The molecule has 0 radical (unpaired) electrons. The second kappa shape index (κ2) is 7.40. The lowest BCUT2D eigenvalue weighted by molar-refractivity contribution is -0.384. The molecule has 1 aliphatic carbocycles. The highest BCUT2D eigenvalue weighted by atomic mass is 32.1. The number of carbonyl (C=O) groups is 1. The Labute approximate surface area is 170 Å². The predicted molar refractivity (Wildman–Crippen MR) is 112 cm³/mol. The SMILES string of the molecule is Cc1ccc([N+](=O)[O-])cc1NC(=O)Cn1c(C)nc2sc3c(c2c1=O)CCCC3. The minimum absolute atomic E-state index is 0.104. The number of anilines is 1. The molecule has 0 fully saturated rings. The third-order valence-electron chi connectivity index (χ3n) is 5.27. The summed E-state index contributed by atoms with van der Waals surface area (Å²) in [6.45, 7) is 3.27. The van der Waals surface area contributed by atoms with Crippen LogP contribution in [0.25, 0.3) is 10.2 Å². The highest BCUT2D eigenvalue weighted by molar-refractivity contribution is 7.18. The first-order chi connectivity index (χ1) is 13.8. The van der Waals surface area contributed by atoms with E-state index in [4.69, 9.17) is 0 Å². The van der Waals surface area contributed by atoms with Crippen LogP contribution in [0.2, 0.25) is 0 Å². The smallest absolute Gasteiger partial charge is 0.271 e. The van der Waals surface area contributed by atoms with Gasteiger partial charge in [0.1, 0.15) is 17.2 Å². The van der Waals surface area contributed by atoms with Crippen molar-refractivity contribution in [1.82, 2.24) is 9.55 Å².